The third-order valence-corrected chi connectivity index (χ3v) is 3.82. The molecule has 0 bridgehead atoms. The number of likely N-dealkylation sites (tertiary alicyclic amines) is 1. The first kappa shape index (κ1) is 14.5. The van der Waals surface area contributed by atoms with E-state index in [0.717, 1.165) is 0 Å². The van der Waals surface area contributed by atoms with Gasteiger partial charge in [0.2, 0.25) is 5.91 Å². The SMILES string of the molecule is CC(C(=O)N1CCCC(C(=O)O)C1)c1ccccc1F. The molecule has 1 fully saturated rings. The molecule has 2 rings (SSSR count). The average molecular weight is 279 g/mol. The Balaban J connectivity index is 2.11. The van der Waals surface area contributed by atoms with Crippen molar-refractivity contribution in [1.29, 1.82) is 0 Å². The minimum atomic E-state index is -0.874. The Kier molecular flexibility index (Phi) is 4.37. The van der Waals surface area contributed by atoms with E-state index >= 15 is 0 Å². The highest BCUT2D eigenvalue weighted by Gasteiger charge is 2.31. The predicted octanol–water partition coefficient (Wildman–Crippen LogP) is 2.25. The van der Waals surface area contributed by atoms with Crippen LogP contribution in [0.5, 0.6) is 0 Å². The Labute approximate surface area is 117 Å². The standard InChI is InChI=1S/C15H18FNO3/c1-10(12-6-2-3-7-13(12)16)14(18)17-8-4-5-11(9-17)15(19)20/h2-3,6-7,10-11H,4-5,8-9H2,1H3,(H,19,20). The van der Waals surface area contributed by atoms with Gasteiger partial charge in [-0.3, -0.25) is 9.59 Å². The molecule has 1 N–H and O–H groups in total. The van der Waals surface area contributed by atoms with Crippen LogP contribution in [0, 0.1) is 11.7 Å². The van der Waals surface area contributed by atoms with Crippen LogP contribution in [0.1, 0.15) is 31.2 Å². The Morgan fingerprint density at radius 1 is 1.40 bits per heavy atom. The van der Waals surface area contributed by atoms with Gasteiger partial charge in [0.05, 0.1) is 11.8 Å². The molecular weight excluding hydrogens is 261 g/mol. The topological polar surface area (TPSA) is 57.6 Å². The zero-order valence-corrected chi connectivity index (χ0v) is 11.4. The van der Waals surface area contributed by atoms with E-state index in [4.69, 9.17) is 5.11 Å². The maximum absolute atomic E-state index is 13.7. The van der Waals surface area contributed by atoms with E-state index in [2.05, 4.69) is 0 Å². The molecule has 5 heteroatoms. The van der Waals surface area contributed by atoms with Gasteiger partial charge in [-0.2, -0.15) is 0 Å². The fourth-order valence-corrected chi connectivity index (χ4v) is 2.61. The zero-order valence-electron chi connectivity index (χ0n) is 11.4. The summed E-state index contributed by atoms with van der Waals surface area (Å²) in [7, 11) is 0. The van der Waals surface area contributed by atoms with Gasteiger partial charge in [-0.25, -0.2) is 4.39 Å². The lowest BCUT2D eigenvalue weighted by atomic mass is 9.94. The molecular formula is C15H18FNO3. The highest BCUT2D eigenvalue weighted by molar-refractivity contribution is 5.84. The highest BCUT2D eigenvalue weighted by Crippen LogP contribution is 2.24. The third kappa shape index (κ3) is 2.98. The lowest BCUT2D eigenvalue weighted by Gasteiger charge is -2.32. The first-order valence-electron chi connectivity index (χ1n) is 6.76. The molecule has 1 heterocycles. The summed E-state index contributed by atoms with van der Waals surface area (Å²) in [5.74, 6) is -2.59. The number of carbonyl (C=O) groups excluding carboxylic acids is 1. The molecule has 2 unspecified atom stereocenters. The van der Waals surface area contributed by atoms with E-state index in [9.17, 15) is 14.0 Å². The molecule has 1 aliphatic rings. The summed E-state index contributed by atoms with van der Waals surface area (Å²) < 4.78 is 13.7. The molecule has 0 saturated carbocycles. The van der Waals surface area contributed by atoms with Crippen molar-refractivity contribution in [2.45, 2.75) is 25.7 Å². The second kappa shape index (κ2) is 6.03. The molecule has 108 valence electrons. The number of hydrogen-bond acceptors (Lipinski definition) is 2. The second-order valence-electron chi connectivity index (χ2n) is 5.20. The van der Waals surface area contributed by atoms with Crippen molar-refractivity contribution in [3.63, 3.8) is 0 Å². The van der Waals surface area contributed by atoms with Crippen LogP contribution in [-0.4, -0.2) is 35.0 Å². The number of piperidine rings is 1. The van der Waals surface area contributed by atoms with Crippen LogP contribution >= 0.6 is 0 Å². The van der Waals surface area contributed by atoms with Gasteiger partial charge >= 0.3 is 5.97 Å². The quantitative estimate of drug-likeness (QED) is 0.923. The van der Waals surface area contributed by atoms with E-state index in [1.165, 1.54) is 6.07 Å². The summed E-state index contributed by atoms with van der Waals surface area (Å²) in [4.78, 5) is 24.9. The van der Waals surface area contributed by atoms with Crippen molar-refractivity contribution in [2.75, 3.05) is 13.1 Å². The summed E-state index contributed by atoms with van der Waals surface area (Å²) >= 11 is 0. The van der Waals surface area contributed by atoms with Crippen LogP contribution in [0.25, 0.3) is 0 Å². The number of hydrogen-bond donors (Lipinski definition) is 1. The Bertz CT molecular complexity index is 518. The number of rotatable bonds is 3. The first-order chi connectivity index (χ1) is 9.50. The molecule has 0 radical (unpaired) electrons. The lowest BCUT2D eigenvalue weighted by molar-refractivity contribution is -0.146. The van der Waals surface area contributed by atoms with Crippen molar-refractivity contribution in [3.05, 3.63) is 35.6 Å². The summed E-state index contributed by atoms with van der Waals surface area (Å²) in [5.41, 5.74) is 0.356. The molecule has 0 aromatic heterocycles. The largest absolute Gasteiger partial charge is 0.481 e. The van der Waals surface area contributed by atoms with Gasteiger partial charge in [-0.15, -0.1) is 0 Å². The van der Waals surface area contributed by atoms with Gasteiger partial charge in [-0.1, -0.05) is 18.2 Å². The minimum Gasteiger partial charge on any atom is -0.481 e. The Morgan fingerprint density at radius 3 is 2.75 bits per heavy atom. The van der Waals surface area contributed by atoms with Crippen LogP contribution < -0.4 is 0 Å². The number of carbonyl (C=O) groups is 2. The van der Waals surface area contributed by atoms with Crippen LogP contribution in [0.2, 0.25) is 0 Å². The zero-order chi connectivity index (χ0) is 14.7. The van der Waals surface area contributed by atoms with E-state index < -0.39 is 23.6 Å². The van der Waals surface area contributed by atoms with Crippen LogP contribution in [0.3, 0.4) is 0 Å². The smallest absolute Gasteiger partial charge is 0.308 e. The van der Waals surface area contributed by atoms with E-state index in [0.29, 0.717) is 24.9 Å². The van der Waals surface area contributed by atoms with E-state index in [1.807, 2.05) is 0 Å². The summed E-state index contributed by atoms with van der Waals surface area (Å²) in [6.07, 6.45) is 1.26. The normalized spacial score (nSPS) is 20.5. The first-order valence-corrected chi connectivity index (χ1v) is 6.76. The number of carboxylic acid groups (broad SMARTS) is 1. The van der Waals surface area contributed by atoms with Crippen molar-refractivity contribution >= 4 is 11.9 Å². The molecule has 0 spiro atoms. The van der Waals surface area contributed by atoms with E-state index in [1.54, 1.807) is 30.0 Å². The summed E-state index contributed by atoms with van der Waals surface area (Å²) in [5, 5.41) is 9.04. The van der Waals surface area contributed by atoms with E-state index in [-0.39, 0.29) is 12.5 Å². The fraction of sp³-hybridized carbons (Fsp3) is 0.467. The number of benzene rings is 1. The summed E-state index contributed by atoms with van der Waals surface area (Å²) in [6.45, 7) is 2.42. The maximum atomic E-state index is 13.7. The van der Waals surface area contributed by atoms with Crippen molar-refractivity contribution in [2.24, 2.45) is 5.92 Å². The molecule has 20 heavy (non-hydrogen) atoms. The van der Waals surface area contributed by atoms with Crippen molar-refractivity contribution < 1.29 is 19.1 Å². The molecule has 4 nitrogen and oxygen atoms in total. The van der Waals surface area contributed by atoms with Crippen LogP contribution in [0.15, 0.2) is 24.3 Å². The van der Waals surface area contributed by atoms with Crippen LogP contribution in [0.4, 0.5) is 4.39 Å². The molecule has 0 aliphatic carbocycles. The number of halogens is 1. The summed E-state index contributed by atoms with van der Waals surface area (Å²) in [6, 6.07) is 6.20. The van der Waals surface area contributed by atoms with Gasteiger partial charge in [0, 0.05) is 13.1 Å². The van der Waals surface area contributed by atoms with Crippen molar-refractivity contribution in [3.8, 4) is 0 Å². The molecule has 1 aromatic rings. The van der Waals surface area contributed by atoms with Gasteiger partial charge in [0.15, 0.2) is 0 Å². The molecule has 2 atom stereocenters. The highest BCUT2D eigenvalue weighted by atomic mass is 19.1. The minimum absolute atomic E-state index is 0.207. The Morgan fingerprint density at radius 2 is 2.10 bits per heavy atom. The number of carboxylic acids is 1. The average Bonchev–Trinajstić information content (AvgIpc) is 2.46. The third-order valence-electron chi connectivity index (χ3n) is 3.82. The van der Waals surface area contributed by atoms with Crippen molar-refractivity contribution in [1.82, 2.24) is 4.90 Å². The molecule has 1 aromatic carbocycles. The van der Waals surface area contributed by atoms with Gasteiger partial charge < -0.3 is 10.0 Å². The monoisotopic (exact) mass is 279 g/mol. The number of nitrogens with zero attached hydrogens (tertiary/aromatic N) is 1. The maximum Gasteiger partial charge on any atom is 0.308 e. The number of aliphatic carboxylic acids is 1. The van der Waals surface area contributed by atoms with Gasteiger partial charge in [0.1, 0.15) is 5.82 Å². The Hall–Kier alpha value is -1.91. The molecule has 1 aliphatic heterocycles. The predicted molar refractivity (Wildman–Crippen MR) is 71.8 cm³/mol. The van der Waals surface area contributed by atoms with Gasteiger partial charge in [-0.05, 0) is 31.4 Å². The number of amides is 1. The molecule has 1 saturated heterocycles. The van der Waals surface area contributed by atoms with Gasteiger partial charge in [0.25, 0.3) is 0 Å². The lowest BCUT2D eigenvalue weighted by Crippen LogP contribution is -2.44. The van der Waals surface area contributed by atoms with Crippen LogP contribution in [-0.2, 0) is 9.59 Å². The fourth-order valence-electron chi connectivity index (χ4n) is 2.61. The second-order valence-corrected chi connectivity index (χ2v) is 5.20. The molecule has 1 amide bonds.